The van der Waals surface area contributed by atoms with Crippen molar-refractivity contribution < 1.29 is 18.7 Å². The van der Waals surface area contributed by atoms with Crippen LogP contribution in [0.1, 0.15) is 59.8 Å². The Labute approximate surface area is 253 Å². The average Bonchev–Trinajstić information content (AvgIpc) is 3.32. The fraction of sp³-hybridized carbons (Fsp3) is 0.429. The van der Waals surface area contributed by atoms with Crippen LogP contribution in [-0.2, 0) is 16.0 Å². The van der Waals surface area contributed by atoms with Crippen molar-refractivity contribution in [1.29, 1.82) is 0 Å². The van der Waals surface area contributed by atoms with Gasteiger partial charge >= 0.3 is 11.9 Å². The van der Waals surface area contributed by atoms with Crippen molar-refractivity contribution in [2.24, 2.45) is 5.41 Å². The maximum atomic E-state index is 13.1. The summed E-state index contributed by atoms with van der Waals surface area (Å²) in [4.78, 5) is 30.6. The zero-order valence-corrected chi connectivity index (χ0v) is 26.1. The van der Waals surface area contributed by atoms with Crippen LogP contribution in [-0.4, -0.2) is 47.4 Å². The first-order valence-electron chi connectivity index (χ1n) is 15.1. The normalized spacial score (nSPS) is 15.4. The number of oxazole rings is 1. The number of benzene rings is 3. The van der Waals surface area contributed by atoms with Crippen LogP contribution < -0.4 is 10.7 Å². The Bertz CT molecular complexity index is 1610. The van der Waals surface area contributed by atoms with Gasteiger partial charge in [0.1, 0.15) is 5.60 Å². The summed E-state index contributed by atoms with van der Waals surface area (Å²) in [6.07, 6.45) is -1.28. The molecule has 8 nitrogen and oxygen atoms in total. The second kappa shape index (κ2) is 12.3. The summed E-state index contributed by atoms with van der Waals surface area (Å²) in [5.74, 6) is -0.561. The molecule has 1 unspecified atom stereocenters. The molecule has 1 saturated heterocycles. The maximum Gasteiger partial charge on any atom is 0.510 e. The molecular formula is C35H43N3O5. The van der Waals surface area contributed by atoms with E-state index in [0.717, 1.165) is 38.4 Å². The van der Waals surface area contributed by atoms with Gasteiger partial charge < -0.3 is 18.8 Å². The summed E-state index contributed by atoms with van der Waals surface area (Å²) < 4.78 is 18.6. The van der Waals surface area contributed by atoms with Gasteiger partial charge in [0.2, 0.25) is 0 Å². The molecule has 0 saturated carbocycles. The standard InChI is InChI=1S/C35H43N3O5/c1-7-30(41-33(40)43-35(5,6)34(2,3)4)38-29-18-12-17-28(31(29)42-32(38)39)37-21-19-36(20-22-37)24-25-13-11-16-27(23-25)26-14-9-8-10-15-26/h8-18,23,30H,7,19-22,24H2,1-6H3. The Balaban J connectivity index is 1.28. The molecule has 43 heavy (non-hydrogen) atoms. The van der Waals surface area contributed by atoms with Crippen LogP contribution in [0.5, 0.6) is 0 Å². The highest BCUT2D eigenvalue weighted by Gasteiger charge is 2.38. The molecule has 228 valence electrons. The number of fused-ring (bicyclic) bond motifs is 1. The fourth-order valence-corrected chi connectivity index (χ4v) is 5.26. The highest BCUT2D eigenvalue weighted by molar-refractivity contribution is 5.87. The predicted octanol–water partition coefficient (Wildman–Crippen LogP) is 7.47. The van der Waals surface area contributed by atoms with Gasteiger partial charge in [0.05, 0.1) is 11.2 Å². The Hall–Kier alpha value is -4.04. The molecule has 0 amide bonds. The quantitative estimate of drug-likeness (QED) is 0.199. The fourth-order valence-electron chi connectivity index (χ4n) is 5.26. The van der Waals surface area contributed by atoms with Crippen LogP contribution in [0.25, 0.3) is 22.2 Å². The van der Waals surface area contributed by atoms with E-state index >= 15 is 0 Å². The van der Waals surface area contributed by atoms with E-state index in [-0.39, 0.29) is 5.41 Å². The lowest BCUT2D eigenvalue weighted by Crippen LogP contribution is -2.46. The number of nitrogens with zero attached hydrogens (tertiary/aromatic N) is 3. The van der Waals surface area contributed by atoms with Crippen LogP contribution in [0, 0.1) is 5.41 Å². The zero-order valence-electron chi connectivity index (χ0n) is 26.1. The summed E-state index contributed by atoms with van der Waals surface area (Å²) >= 11 is 0. The minimum atomic E-state index is -0.851. The van der Waals surface area contributed by atoms with Gasteiger partial charge in [0, 0.05) is 44.6 Å². The molecule has 8 heteroatoms. The molecule has 5 rings (SSSR count). The van der Waals surface area contributed by atoms with Crippen molar-refractivity contribution >= 4 is 22.9 Å². The number of carbonyl (C=O) groups is 1. The molecular weight excluding hydrogens is 542 g/mol. The summed E-state index contributed by atoms with van der Waals surface area (Å²) in [6, 6.07) is 24.9. The van der Waals surface area contributed by atoms with Crippen LogP contribution in [0.2, 0.25) is 0 Å². The number of piperazine rings is 1. The van der Waals surface area contributed by atoms with Crippen LogP contribution >= 0.6 is 0 Å². The van der Waals surface area contributed by atoms with Gasteiger partial charge in [-0.15, -0.1) is 0 Å². The number of rotatable bonds is 8. The third-order valence-electron chi connectivity index (χ3n) is 8.79. The minimum absolute atomic E-state index is 0.294. The van der Waals surface area contributed by atoms with Crippen molar-refractivity contribution in [3.63, 3.8) is 0 Å². The Morgan fingerprint density at radius 3 is 2.23 bits per heavy atom. The number of para-hydroxylation sites is 1. The molecule has 3 aromatic carbocycles. The van der Waals surface area contributed by atoms with Gasteiger partial charge in [-0.2, -0.15) is 0 Å². The third kappa shape index (κ3) is 6.64. The predicted molar refractivity (Wildman–Crippen MR) is 170 cm³/mol. The van der Waals surface area contributed by atoms with E-state index in [1.165, 1.54) is 21.3 Å². The van der Waals surface area contributed by atoms with Gasteiger partial charge in [-0.3, -0.25) is 4.90 Å². The van der Waals surface area contributed by atoms with Crippen LogP contribution in [0.3, 0.4) is 0 Å². The molecule has 0 N–H and O–H groups in total. The SMILES string of the molecule is CCC(OC(=O)OC(C)(C)C(C)(C)C)n1c(=O)oc2c(N3CCN(Cc4cccc(-c5ccccc5)c4)CC3)cccc21. The number of hydrogen-bond acceptors (Lipinski definition) is 7. The van der Waals surface area contributed by atoms with E-state index in [4.69, 9.17) is 13.9 Å². The lowest BCUT2D eigenvalue weighted by molar-refractivity contribution is -0.0919. The van der Waals surface area contributed by atoms with Crippen molar-refractivity contribution in [2.75, 3.05) is 31.1 Å². The molecule has 1 aliphatic rings. The van der Waals surface area contributed by atoms with Gasteiger partial charge in [-0.25, -0.2) is 14.2 Å². The number of anilines is 1. The van der Waals surface area contributed by atoms with Crippen molar-refractivity contribution in [3.05, 3.63) is 88.9 Å². The summed E-state index contributed by atoms with van der Waals surface area (Å²) in [5.41, 5.74) is 4.64. The molecule has 4 aromatic rings. The largest absolute Gasteiger partial charge is 0.510 e. The molecule has 0 bridgehead atoms. The van der Waals surface area contributed by atoms with Crippen molar-refractivity contribution in [1.82, 2.24) is 9.47 Å². The number of carbonyl (C=O) groups excluding carboxylic acids is 1. The lowest BCUT2D eigenvalue weighted by Gasteiger charge is -2.37. The van der Waals surface area contributed by atoms with E-state index in [0.29, 0.717) is 17.5 Å². The molecule has 1 fully saturated rings. The second-order valence-corrected chi connectivity index (χ2v) is 12.8. The van der Waals surface area contributed by atoms with Gasteiger partial charge in [0.25, 0.3) is 0 Å². The molecule has 2 heterocycles. The maximum absolute atomic E-state index is 13.1. The van der Waals surface area contributed by atoms with E-state index in [1.807, 2.05) is 65.8 Å². The highest BCUT2D eigenvalue weighted by Crippen LogP contribution is 2.34. The zero-order chi connectivity index (χ0) is 30.8. The van der Waals surface area contributed by atoms with E-state index in [1.54, 1.807) is 0 Å². The lowest BCUT2D eigenvalue weighted by atomic mass is 9.79. The first kappa shape index (κ1) is 30.4. The first-order chi connectivity index (χ1) is 20.5. The molecule has 0 aliphatic carbocycles. The van der Waals surface area contributed by atoms with Crippen LogP contribution in [0.4, 0.5) is 10.5 Å². The molecule has 1 atom stereocenters. The minimum Gasteiger partial charge on any atom is -0.428 e. The second-order valence-electron chi connectivity index (χ2n) is 12.8. The van der Waals surface area contributed by atoms with Gasteiger partial charge in [-0.1, -0.05) is 82.3 Å². The number of aromatic nitrogens is 1. The number of hydrogen-bond donors (Lipinski definition) is 0. The van der Waals surface area contributed by atoms with Gasteiger partial charge in [-0.05, 0) is 48.7 Å². The topological polar surface area (TPSA) is 77.1 Å². The summed E-state index contributed by atoms with van der Waals surface area (Å²) in [6.45, 7) is 15.8. The Morgan fingerprint density at radius 2 is 1.56 bits per heavy atom. The molecule has 0 radical (unpaired) electrons. The molecule has 1 aliphatic heterocycles. The Kier molecular flexibility index (Phi) is 8.69. The Morgan fingerprint density at radius 1 is 0.884 bits per heavy atom. The highest BCUT2D eigenvalue weighted by atomic mass is 16.7. The van der Waals surface area contributed by atoms with Crippen LogP contribution in [0.15, 0.2) is 82.0 Å². The van der Waals surface area contributed by atoms with E-state index < -0.39 is 23.7 Å². The average molecular weight is 586 g/mol. The van der Waals surface area contributed by atoms with Gasteiger partial charge in [0.15, 0.2) is 11.8 Å². The summed E-state index contributed by atoms with van der Waals surface area (Å²) in [7, 11) is 0. The monoisotopic (exact) mass is 585 g/mol. The third-order valence-corrected chi connectivity index (χ3v) is 8.79. The first-order valence-corrected chi connectivity index (χ1v) is 15.1. The molecule has 1 aromatic heterocycles. The van der Waals surface area contributed by atoms with E-state index in [2.05, 4.69) is 58.3 Å². The summed E-state index contributed by atoms with van der Waals surface area (Å²) in [5, 5.41) is 0. The molecule has 0 spiro atoms. The van der Waals surface area contributed by atoms with Crippen molar-refractivity contribution in [2.45, 2.75) is 66.3 Å². The van der Waals surface area contributed by atoms with Crippen molar-refractivity contribution in [3.8, 4) is 11.1 Å². The smallest absolute Gasteiger partial charge is 0.428 e. The van der Waals surface area contributed by atoms with E-state index in [9.17, 15) is 9.59 Å². The number of ether oxygens (including phenoxy) is 2.